The maximum atomic E-state index is 12.9. The highest BCUT2D eigenvalue weighted by molar-refractivity contribution is 5.90. The first kappa shape index (κ1) is 12.0. The van der Waals surface area contributed by atoms with Crippen molar-refractivity contribution in [1.82, 2.24) is 4.57 Å². The summed E-state index contributed by atoms with van der Waals surface area (Å²) in [6.45, 7) is 0. The Kier molecular flexibility index (Phi) is 3.23. The standard InChI is InChI=1S/C13H10FNO3/c1-18-13(17)12-7-6-11(8-16)15(12)10-4-2-9(14)3-5-10/h2-8H,1H3. The van der Waals surface area contributed by atoms with Crippen molar-refractivity contribution in [2.45, 2.75) is 0 Å². The van der Waals surface area contributed by atoms with Gasteiger partial charge in [-0.15, -0.1) is 0 Å². The Morgan fingerprint density at radius 1 is 1.22 bits per heavy atom. The van der Waals surface area contributed by atoms with Crippen LogP contribution in [0.2, 0.25) is 0 Å². The Balaban J connectivity index is 2.60. The molecule has 92 valence electrons. The summed E-state index contributed by atoms with van der Waals surface area (Å²) in [5.41, 5.74) is 1.03. The first-order valence-corrected chi connectivity index (χ1v) is 5.18. The number of aldehydes is 1. The molecule has 0 N–H and O–H groups in total. The van der Waals surface area contributed by atoms with Gasteiger partial charge in [0.2, 0.25) is 0 Å². The third kappa shape index (κ3) is 2.02. The van der Waals surface area contributed by atoms with Gasteiger partial charge < -0.3 is 9.30 Å². The van der Waals surface area contributed by atoms with Crippen LogP contribution in [0.3, 0.4) is 0 Å². The van der Waals surface area contributed by atoms with Gasteiger partial charge in [0.25, 0.3) is 0 Å². The van der Waals surface area contributed by atoms with Gasteiger partial charge in [0.15, 0.2) is 6.29 Å². The smallest absolute Gasteiger partial charge is 0.355 e. The molecule has 0 amide bonds. The lowest BCUT2D eigenvalue weighted by molar-refractivity contribution is 0.0591. The van der Waals surface area contributed by atoms with E-state index < -0.39 is 11.8 Å². The van der Waals surface area contributed by atoms with Crippen molar-refractivity contribution < 1.29 is 18.7 Å². The minimum absolute atomic E-state index is 0.214. The summed E-state index contributed by atoms with van der Waals surface area (Å²) in [6, 6.07) is 8.46. The Labute approximate surface area is 103 Å². The van der Waals surface area contributed by atoms with E-state index in [0.29, 0.717) is 17.7 Å². The number of aromatic nitrogens is 1. The SMILES string of the molecule is COC(=O)c1ccc(C=O)n1-c1ccc(F)cc1. The topological polar surface area (TPSA) is 48.3 Å². The summed E-state index contributed by atoms with van der Waals surface area (Å²) < 4.78 is 18.9. The average molecular weight is 247 g/mol. The molecule has 0 unspecified atom stereocenters. The van der Waals surface area contributed by atoms with Crippen LogP contribution in [-0.2, 0) is 4.74 Å². The number of nitrogens with zero attached hydrogens (tertiary/aromatic N) is 1. The van der Waals surface area contributed by atoms with Crippen molar-refractivity contribution in [3.8, 4) is 5.69 Å². The molecule has 0 radical (unpaired) electrons. The maximum absolute atomic E-state index is 12.9. The molecule has 5 heteroatoms. The molecule has 0 spiro atoms. The average Bonchev–Trinajstić information content (AvgIpc) is 2.82. The van der Waals surface area contributed by atoms with E-state index in [1.54, 1.807) is 0 Å². The fraction of sp³-hybridized carbons (Fsp3) is 0.0769. The van der Waals surface area contributed by atoms with Crippen molar-refractivity contribution in [2.75, 3.05) is 7.11 Å². The molecular weight excluding hydrogens is 237 g/mol. The van der Waals surface area contributed by atoms with Gasteiger partial charge in [-0.2, -0.15) is 0 Å². The molecule has 4 nitrogen and oxygen atoms in total. The van der Waals surface area contributed by atoms with Crippen LogP contribution in [0, 0.1) is 5.82 Å². The number of carbonyl (C=O) groups is 2. The highest BCUT2D eigenvalue weighted by Crippen LogP contribution is 2.17. The fourth-order valence-electron chi connectivity index (χ4n) is 1.69. The summed E-state index contributed by atoms with van der Waals surface area (Å²) in [6.07, 6.45) is 0.621. The van der Waals surface area contributed by atoms with Crippen LogP contribution in [-0.4, -0.2) is 23.9 Å². The van der Waals surface area contributed by atoms with Crippen LogP contribution >= 0.6 is 0 Å². The molecule has 0 saturated carbocycles. The molecule has 18 heavy (non-hydrogen) atoms. The molecule has 0 saturated heterocycles. The third-order valence-corrected chi connectivity index (χ3v) is 2.51. The van der Waals surface area contributed by atoms with E-state index in [2.05, 4.69) is 4.74 Å². The lowest BCUT2D eigenvalue weighted by atomic mass is 10.3. The number of rotatable bonds is 3. The maximum Gasteiger partial charge on any atom is 0.355 e. The summed E-state index contributed by atoms with van der Waals surface area (Å²) in [5, 5.41) is 0. The van der Waals surface area contributed by atoms with Crippen LogP contribution in [0.1, 0.15) is 21.0 Å². The minimum Gasteiger partial charge on any atom is -0.464 e. The molecule has 1 aromatic carbocycles. The summed E-state index contributed by atoms with van der Waals surface area (Å²) in [4.78, 5) is 22.5. The van der Waals surface area contributed by atoms with Crippen LogP contribution < -0.4 is 0 Å². The van der Waals surface area contributed by atoms with Crippen molar-refractivity contribution in [2.24, 2.45) is 0 Å². The van der Waals surface area contributed by atoms with E-state index in [4.69, 9.17) is 0 Å². The molecule has 1 aromatic heterocycles. The molecule has 0 atom stereocenters. The number of halogens is 1. The van der Waals surface area contributed by atoms with E-state index in [1.807, 2.05) is 0 Å². The Bertz CT molecular complexity index is 587. The molecule has 0 aliphatic heterocycles. The molecule has 0 aliphatic carbocycles. The van der Waals surface area contributed by atoms with E-state index in [0.717, 1.165) is 0 Å². The number of hydrogen-bond acceptors (Lipinski definition) is 3. The number of benzene rings is 1. The summed E-state index contributed by atoms with van der Waals surface area (Å²) in [5.74, 6) is -0.953. The monoisotopic (exact) mass is 247 g/mol. The predicted molar refractivity (Wildman–Crippen MR) is 62.5 cm³/mol. The second kappa shape index (κ2) is 4.83. The normalized spacial score (nSPS) is 10.1. The van der Waals surface area contributed by atoms with Gasteiger partial charge in [0, 0.05) is 5.69 Å². The number of carbonyl (C=O) groups excluding carboxylic acids is 2. The zero-order chi connectivity index (χ0) is 13.1. The molecule has 0 bridgehead atoms. The van der Waals surface area contributed by atoms with Gasteiger partial charge in [-0.05, 0) is 36.4 Å². The molecular formula is C13H10FNO3. The quantitative estimate of drug-likeness (QED) is 0.617. The van der Waals surface area contributed by atoms with Crippen molar-refractivity contribution in [3.63, 3.8) is 0 Å². The second-order valence-electron chi connectivity index (χ2n) is 3.56. The van der Waals surface area contributed by atoms with Crippen molar-refractivity contribution in [1.29, 1.82) is 0 Å². The van der Waals surface area contributed by atoms with Gasteiger partial charge >= 0.3 is 5.97 Å². The predicted octanol–water partition coefficient (Wildman–Crippen LogP) is 2.22. The van der Waals surface area contributed by atoms with E-state index in [-0.39, 0.29) is 5.69 Å². The largest absolute Gasteiger partial charge is 0.464 e. The third-order valence-electron chi connectivity index (χ3n) is 2.51. The Morgan fingerprint density at radius 2 is 1.89 bits per heavy atom. The van der Waals surface area contributed by atoms with Crippen molar-refractivity contribution in [3.05, 3.63) is 53.6 Å². The lowest BCUT2D eigenvalue weighted by Gasteiger charge is -2.09. The number of hydrogen-bond donors (Lipinski definition) is 0. The van der Waals surface area contributed by atoms with Crippen molar-refractivity contribution >= 4 is 12.3 Å². The van der Waals surface area contributed by atoms with Gasteiger partial charge in [-0.3, -0.25) is 4.79 Å². The van der Waals surface area contributed by atoms with Crippen LogP contribution in [0.4, 0.5) is 4.39 Å². The molecule has 2 rings (SSSR count). The zero-order valence-corrected chi connectivity index (χ0v) is 9.59. The van der Waals surface area contributed by atoms with Gasteiger partial charge in [0.1, 0.15) is 11.5 Å². The van der Waals surface area contributed by atoms with E-state index in [1.165, 1.54) is 48.1 Å². The molecule has 0 aliphatic rings. The Hall–Kier alpha value is -2.43. The number of esters is 1. The van der Waals surface area contributed by atoms with Gasteiger partial charge in [0.05, 0.1) is 12.8 Å². The summed E-state index contributed by atoms with van der Waals surface area (Å²) >= 11 is 0. The molecule has 1 heterocycles. The molecule has 0 fully saturated rings. The lowest BCUT2D eigenvalue weighted by Crippen LogP contribution is -2.11. The van der Waals surface area contributed by atoms with E-state index in [9.17, 15) is 14.0 Å². The van der Waals surface area contributed by atoms with Crippen LogP contribution in [0.15, 0.2) is 36.4 Å². The van der Waals surface area contributed by atoms with Crippen LogP contribution in [0.25, 0.3) is 5.69 Å². The highest BCUT2D eigenvalue weighted by atomic mass is 19.1. The fourth-order valence-corrected chi connectivity index (χ4v) is 1.69. The first-order chi connectivity index (χ1) is 8.67. The van der Waals surface area contributed by atoms with Crippen LogP contribution in [0.5, 0.6) is 0 Å². The molecule has 2 aromatic rings. The second-order valence-corrected chi connectivity index (χ2v) is 3.56. The summed E-state index contributed by atoms with van der Waals surface area (Å²) in [7, 11) is 1.25. The van der Waals surface area contributed by atoms with E-state index >= 15 is 0 Å². The highest BCUT2D eigenvalue weighted by Gasteiger charge is 2.16. The number of methoxy groups -OCH3 is 1. The van der Waals surface area contributed by atoms with Gasteiger partial charge in [-0.1, -0.05) is 0 Å². The zero-order valence-electron chi connectivity index (χ0n) is 9.59. The first-order valence-electron chi connectivity index (χ1n) is 5.18. The van der Waals surface area contributed by atoms with Gasteiger partial charge in [-0.25, -0.2) is 9.18 Å². The Morgan fingerprint density at radius 3 is 2.44 bits per heavy atom. The minimum atomic E-state index is -0.563. The number of ether oxygens (including phenoxy) is 1.